The van der Waals surface area contributed by atoms with E-state index in [2.05, 4.69) is 31.3 Å². The molecular weight excluding hydrogens is 711 g/mol. The van der Waals surface area contributed by atoms with Crippen LogP contribution in [0, 0.1) is 0 Å². The van der Waals surface area contributed by atoms with E-state index in [1.54, 1.807) is 73.7 Å². The molecule has 52 heavy (non-hydrogen) atoms. The van der Waals surface area contributed by atoms with E-state index < -0.39 is 52.9 Å². The fourth-order valence-corrected chi connectivity index (χ4v) is 6.46. The van der Waals surface area contributed by atoms with Gasteiger partial charge in [-0.25, -0.2) is 0 Å². The predicted molar refractivity (Wildman–Crippen MR) is 197 cm³/mol. The van der Waals surface area contributed by atoms with E-state index in [9.17, 15) is 35.5 Å². The number of carbonyl (C=O) groups is 2. The van der Waals surface area contributed by atoms with Crippen molar-refractivity contribution >= 4 is 77.7 Å². The molecule has 15 nitrogen and oxygen atoms in total. The van der Waals surface area contributed by atoms with E-state index >= 15 is 0 Å². The Morgan fingerprint density at radius 2 is 1.33 bits per heavy atom. The molecule has 0 spiro atoms. The van der Waals surface area contributed by atoms with Crippen LogP contribution in [0.4, 0.5) is 28.4 Å². The molecule has 0 unspecified atom stereocenters. The van der Waals surface area contributed by atoms with Gasteiger partial charge in [0.1, 0.15) is 15.5 Å². The maximum Gasteiger partial charge on any atom is 0.296 e. The number of fused-ring (bicyclic) bond motifs is 1. The second-order valence-electron chi connectivity index (χ2n) is 11.3. The molecule has 0 radical (unpaired) electrons. The zero-order chi connectivity index (χ0) is 37.2. The molecule has 17 heteroatoms. The highest BCUT2D eigenvalue weighted by atomic mass is 32.2. The number of hydrogen-bond acceptors (Lipinski definition) is 13. The second kappa shape index (κ2) is 14.1. The Hall–Kier alpha value is -6.40. The Bertz CT molecular complexity index is 2540. The topological polar surface area (TPSA) is 242 Å². The number of nitrogens with one attached hydrogen (secondary N) is 2. The first-order valence-electron chi connectivity index (χ1n) is 15.1. The van der Waals surface area contributed by atoms with Crippen molar-refractivity contribution in [2.24, 2.45) is 20.4 Å². The van der Waals surface area contributed by atoms with E-state index in [1.165, 1.54) is 6.08 Å². The summed E-state index contributed by atoms with van der Waals surface area (Å²) in [5.41, 5.74) is 13.4. The second-order valence-corrected chi connectivity index (χ2v) is 14.1. The summed E-state index contributed by atoms with van der Waals surface area (Å²) in [5, 5.41) is 16.2. The number of carbonyl (C=O) groups excluding carboxylic acids is 2. The van der Waals surface area contributed by atoms with Crippen molar-refractivity contribution in [3.8, 4) is 11.1 Å². The largest absolute Gasteiger partial charge is 0.396 e. The third-order valence-electron chi connectivity index (χ3n) is 7.75. The molecular formula is C35H27N7O8S2. The number of anilines is 3. The predicted octanol–water partition coefficient (Wildman–Crippen LogP) is 6.34. The van der Waals surface area contributed by atoms with Crippen molar-refractivity contribution in [1.29, 1.82) is 0 Å². The van der Waals surface area contributed by atoms with Gasteiger partial charge in [0.15, 0.2) is 11.5 Å². The molecule has 262 valence electrons. The Morgan fingerprint density at radius 1 is 0.712 bits per heavy atom. The van der Waals surface area contributed by atoms with Crippen LogP contribution in [-0.4, -0.2) is 48.9 Å². The summed E-state index contributed by atoms with van der Waals surface area (Å²) in [6, 6.07) is 23.0. The summed E-state index contributed by atoms with van der Waals surface area (Å²) >= 11 is 0. The summed E-state index contributed by atoms with van der Waals surface area (Å²) < 4.78 is 69.3. The first-order valence-corrected chi connectivity index (χ1v) is 18.0. The monoisotopic (exact) mass is 737 g/mol. The molecule has 0 saturated carbocycles. The van der Waals surface area contributed by atoms with Crippen LogP contribution in [0.2, 0.25) is 0 Å². The van der Waals surface area contributed by atoms with Gasteiger partial charge in [0.25, 0.3) is 20.2 Å². The number of hydrogen-bond donors (Lipinski definition) is 5. The maximum atomic E-state index is 13.7. The standard InChI is InChI=1S/C35H27N7O8S2/c1-20-17-27(15-16-28(20)43)40-37-25-11-7-21(8-12-25)22-9-13-26(14-10-22)39-41-33-29(51(45,46)47)18-23-19-30(52(48,49)50)34(35(44)31(23)32(33)36)42-38-24-5-3-2-4-6-24/h2-19,37-38H,36H2,1H3,(H,45,46,47)(H,48,49,50). The molecule has 0 amide bonds. The van der Waals surface area contributed by atoms with Gasteiger partial charge in [0, 0.05) is 0 Å². The summed E-state index contributed by atoms with van der Waals surface area (Å²) in [4.78, 5) is 23.5. The Balaban J connectivity index is 1.28. The van der Waals surface area contributed by atoms with Crippen LogP contribution in [0.25, 0.3) is 17.2 Å². The first-order chi connectivity index (χ1) is 24.7. The van der Waals surface area contributed by atoms with Crippen molar-refractivity contribution in [2.45, 2.75) is 11.8 Å². The van der Waals surface area contributed by atoms with Crippen molar-refractivity contribution in [1.82, 2.24) is 0 Å². The van der Waals surface area contributed by atoms with Gasteiger partial charge in [-0.1, -0.05) is 42.5 Å². The molecule has 0 fully saturated rings. The van der Waals surface area contributed by atoms with Gasteiger partial charge in [0.05, 0.1) is 34.0 Å². The van der Waals surface area contributed by atoms with Gasteiger partial charge >= 0.3 is 0 Å². The number of Topliss-reactive ketones (excluding diaryl/α,β-unsaturated/α-hetero) is 1. The van der Waals surface area contributed by atoms with Crippen molar-refractivity contribution < 1.29 is 35.5 Å². The van der Waals surface area contributed by atoms with Gasteiger partial charge in [0.2, 0.25) is 5.78 Å². The highest BCUT2D eigenvalue weighted by Crippen LogP contribution is 2.41. The van der Waals surface area contributed by atoms with Crippen LogP contribution >= 0.6 is 0 Å². The molecule has 6 N–H and O–H groups in total. The van der Waals surface area contributed by atoms with E-state index in [0.717, 1.165) is 23.3 Å². The fraction of sp³-hybridized carbons (Fsp3) is 0.0286. The normalized spacial score (nSPS) is 16.2. The van der Waals surface area contributed by atoms with Crippen molar-refractivity contribution in [2.75, 3.05) is 16.6 Å². The van der Waals surface area contributed by atoms with Crippen molar-refractivity contribution in [3.05, 3.63) is 125 Å². The summed E-state index contributed by atoms with van der Waals surface area (Å²) in [6.45, 7) is 1.71. The quantitative estimate of drug-likeness (QED) is 0.0417. The molecule has 0 saturated heterocycles. The molecule has 6 rings (SSSR count). The van der Waals surface area contributed by atoms with Crippen LogP contribution < -0.4 is 16.6 Å². The first kappa shape index (κ1) is 35.4. The van der Waals surface area contributed by atoms with E-state index in [0.29, 0.717) is 22.7 Å². The van der Waals surface area contributed by atoms with Gasteiger partial charge in [-0.15, -0.1) is 5.11 Å². The van der Waals surface area contributed by atoms with Crippen LogP contribution in [-0.2, 0) is 25.0 Å². The van der Waals surface area contributed by atoms with E-state index in [4.69, 9.17) is 5.73 Å². The van der Waals surface area contributed by atoms with Crippen LogP contribution in [0.15, 0.2) is 139 Å². The lowest BCUT2D eigenvalue weighted by Crippen LogP contribution is -2.28. The number of benzene rings is 4. The molecule has 0 bridgehead atoms. The number of nitrogens with two attached hydrogens (primary N) is 1. The highest BCUT2D eigenvalue weighted by molar-refractivity contribution is 7.91. The maximum absolute atomic E-state index is 13.7. The van der Waals surface area contributed by atoms with E-state index in [-0.39, 0.29) is 22.6 Å². The van der Waals surface area contributed by atoms with Gasteiger partial charge in [-0.3, -0.25) is 29.5 Å². The molecule has 0 atom stereocenters. The Kier molecular flexibility index (Phi) is 9.59. The average Bonchev–Trinajstić information content (AvgIpc) is 3.11. The lowest BCUT2D eigenvalue weighted by molar-refractivity contribution is -0.111. The fourth-order valence-electron chi connectivity index (χ4n) is 5.13. The number of rotatable bonds is 9. The van der Waals surface area contributed by atoms with Gasteiger partial charge in [-0.05, 0) is 96.0 Å². The Morgan fingerprint density at radius 3 is 1.94 bits per heavy atom. The molecule has 0 aromatic heterocycles. The molecule has 4 aromatic rings. The number of para-hydroxylation sites is 1. The number of nitrogen functional groups attached to an aromatic ring is 1. The van der Waals surface area contributed by atoms with E-state index in [1.807, 2.05) is 24.3 Å². The average molecular weight is 738 g/mol. The third-order valence-corrected chi connectivity index (χ3v) is 9.48. The minimum absolute atomic E-state index is 0.0631. The highest BCUT2D eigenvalue weighted by Gasteiger charge is 2.37. The number of allylic oxidation sites excluding steroid dienone is 5. The molecule has 2 aliphatic carbocycles. The molecule has 4 aromatic carbocycles. The number of nitrogens with zero attached hydrogens (tertiary/aromatic N) is 4. The zero-order valence-corrected chi connectivity index (χ0v) is 28.6. The SMILES string of the molecule is CC1=CC(=NNc2ccc(-c3ccc(N=Nc4c(S(=O)(=O)O)cc5c(c4N)C(=O)C(=NNc4ccccc4)C(S(=O)(=O)O)=C5)cc3)cc2)C=CC1=O. The van der Waals surface area contributed by atoms with Crippen molar-refractivity contribution in [3.63, 3.8) is 0 Å². The lowest BCUT2D eigenvalue weighted by atomic mass is 9.92. The van der Waals surface area contributed by atoms with Gasteiger partial charge < -0.3 is 5.73 Å². The molecule has 0 heterocycles. The zero-order valence-electron chi connectivity index (χ0n) is 26.9. The smallest absolute Gasteiger partial charge is 0.296 e. The van der Waals surface area contributed by atoms with Crippen LogP contribution in [0.5, 0.6) is 0 Å². The number of ketones is 2. The molecule has 2 aliphatic rings. The minimum Gasteiger partial charge on any atom is -0.396 e. The van der Waals surface area contributed by atoms with Crippen LogP contribution in [0.3, 0.4) is 0 Å². The number of hydrazone groups is 2. The molecule has 0 aliphatic heterocycles. The lowest BCUT2D eigenvalue weighted by Gasteiger charge is -2.20. The Labute approximate surface area is 297 Å². The minimum atomic E-state index is -5.06. The van der Waals surface area contributed by atoms with Gasteiger partial charge in [-0.2, -0.15) is 32.2 Å². The third kappa shape index (κ3) is 7.67. The summed E-state index contributed by atoms with van der Waals surface area (Å²) in [5.74, 6) is -1.14. The van der Waals surface area contributed by atoms with Crippen LogP contribution in [0.1, 0.15) is 22.8 Å². The number of azo groups is 1. The summed E-state index contributed by atoms with van der Waals surface area (Å²) in [6.07, 6.45) is 5.57. The summed E-state index contributed by atoms with van der Waals surface area (Å²) in [7, 11) is -10.1.